The van der Waals surface area contributed by atoms with Crippen LogP contribution in [0.25, 0.3) is 0 Å². The smallest absolute Gasteiger partial charge is 0.258 e. The third kappa shape index (κ3) is 1.70. The summed E-state index contributed by atoms with van der Waals surface area (Å²) in [6, 6.07) is 4.95. The van der Waals surface area contributed by atoms with E-state index in [1.54, 1.807) is 0 Å². The molecule has 18 heavy (non-hydrogen) atoms. The van der Waals surface area contributed by atoms with Crippen molar-refractivity contribution in [3.8, 4) is 0 Å². The first kappa shape index (κ1) is 11.6. The number of nitrogens with one attached hydrogen (secondary N) is 1. The van der Waals surface area contributed by atoms with Crippen LogP contribution in [0.3, 0.4) is 0 Å². The van der Waals surface area contributed by atoms with Crippen molar-refractivity contribution in [3.05, 3.63) is 34.4 Å². The van der Waals surface area contributed by atoms with E-state index in [1.165, 1.54) is 24.3 Å². The quantitative estimate of drug-likeness (QED) is 0.660. The van der Waals surface area contributed by atoms with Gasteiger partial charge in [0.2, 0.25) is 10.0 Å². The van der Waals surface area contributed by atoms with Crippen LogP contribution in [0.1, 0.15) is 19.3 Å². The van der Waals surface area contributed by atoms with Crippen molar-refractivity contribution in [1.82, 2.24) is 4.72 Å². The normalized spacial score (nSPS) is 29.2. The molecule has 6 nitrogen and oxygen atoms in total. The van der Waals surface area contributed by atoms with Crippen LogP contribution >= 0.6 is 0 Å². The zero-order valence-electron chi connectivity index (χ0n) is 9.50. The fraction of sp³-hybridized carbons (Fsp3) is 0.455. The summed E-state index contributed by atoms with van der Waals surface area (Å²) in [6.45, 7) is 0. The molecule has 1 aromatic rings. The largest absolute Gasteiger partial charge is 0.269 e. The summed E-state index contributed by atoms with van der Waals surface area (Å²) >= 11 is 0. The number of nitrogens with zero attached hydrogens (tertiary/aromatic N) is 1. The molecule has 0 spiro atoms. The monoisotopic (exact) mass is 268 g/mol. The predicted octanol–water partition coefficient (Wildman–Crippen LogP) is 1.43. The predicted molar refractivity (Wildman–Crippen MR) is 63.5 cm³/mol. The van der Waals surface area contributed by atoms with Crippen LogP contribution in [-0.2, 0) is 10.0 Å². The van der Waals surface area contributed by atoms with Crippen LogP contribution in [0.4, 0.5) is 5.69 Å². The first-order valence-corrected chi connectivity index (χ1v) is 7.17. The molecule has 1 aromatic carbocycles. The maximum atomic E-state index is 12.1. The summed E-state index contributed by atoms with van der Waals surface area (Å²) in [6.07, 6.45) is 2.75. The second-order valence-corrected chi connectivity index (χ2v) is 6.80. The number of benzene rings is 1. The highest BCUT2D eigenvalue weighted by molar-refractivity contribution is 7.89. The molecule has 2 bridgehead atoms. The summed E-state index contributed by atoms with van der Waals surface area (Å²) in [5, 5.41) is 10.5. The SMILES string of the molecule is O=[N+]([O-])c1ccc(S(=O)(=O)NC23CC(C2)C3)cc1. The molecule has 0 unspecified atom stereocenters. The van der Waals surface area contributed by atoms with Crippen LogP contribution in [0.2, 0.25) is 0 Å². The summed E-state index contributed by atoms with van der Waals surface area (Å²) in [5.41, 5.74) is -0.342. The molecular weight excluding hydrogens is 256 g/mol. The minimum absolute atomic E-state index is 0.0813. The van der Waals surface area contributed by atoms with Gasteiger partial charge in [0.05, 0.1) is 9.82 Å². The number of non-ortho nitro benzene ring substituents is 1. The van der Waals surface area contributed by atoms with Gasteiger partial charge in [-0.05, 0) is 37.3 Å². The van der Waals surface area contributed by atoms with Crippen LogP contribution in [-0.4, -0.2) is 18.9 Å². The third-order valence-electron chi connectivity index (χ3n) is 3.75. The molecule has 0 heterocycles. The van der Waals surface area contributed by atoms with E-state index in [1.807, 2.05) is 0 Å². The zero-order chi connectivity index (χ0) is 13.0. The molecule has 0 amide bonds. The Morgan fingerprint density at radius 1 is 1.22 bits per heavy atom. The van der Waals surface area contributed by atoms with Gasteiger partial charge in [-0.25, -0.2) is 13.1 Å². The molecule has 3 saturated carbocycles. The van der Waals surface area contributed by atoms with E-state index in [4.69, 9.17) is 0 Å². The zero-order valence-corrected chi connectivity index (χ0v) is 10.3. The van der Waals surface area contributed by atoms with Crippen LogP contribution < -0.4 is 4.72 Å². The van der Waals surface area contributed by atoms with E-state index in [2.05, 4.69) is 4.72 Å². The molecule has 3 fully saturated rings. The number of sulfonamides is 1. The molecular formula is C11H12N2O4S. The lowest BCUT2D eigenvalue weighted by atomic mass is 9.50. The highest BCUT2D eigenvalue weighted by atomic mass is 32.2. The molecule has 3 aliphatic carbocycles. The molecule has 0 aromatic heterocycles. The summed E-state index contributed by atoms with van der Waals surface area (Å²) in [5.74, 6) is 0.685. The van der Waals surface area contributed by atoms with Gasteiger partial charge >= 0.3 is 0 Å². The van der Waals surface area contributed by atoms with Crippen LogP contribution in [0.15, 0.2) is 29.2 Å². The first-order valence-electron chi connectivity index (χ1n) is 5.69. The Balaban J connectivity index is 1.82. The van der Waals surface area contributed by atoms with Gasteiger partial charge in [0.15, 0.2) is 0 Å². The molecule has 4 rings (SSSR count). The minimum Gasteiger partial charge on any atom is -0.258 e. The van der Waals surface area contributed by atoms with Gasteiger partial charge in [-0.3, -0.25) is 10.1 Å². The van der Waals surface area contributed by atoms with E-state index in [9.17, 15) is 18.5 Å². The van der Waals surface area contributed by atoms with Crippen molar-refractivity contribution in [2.45, 2.75) is 29.7 Å². The van der Waals surface area contributed by atoms with Crippen molar-refractivity contribution in [1.29, 1.82) is 0 Å². The Hall–Kier alpha value is -1.47. The fourth-order valence-corrected chi connectivity index (χ4v) is 4.13. The molecule has 96 valence electrons. The molecule has 7 heteroatoms. The van der Waals surface area contributed by atoms with Crippen molar-refractivity contribution >= 4 is 15.7 Å². The molecule has 3 aliphatic rings. The Bertz CT molecular complexity index is 591. The van der Waals surface area contributed by atoms with E-state index in [-0.39, 0.29) is 16.1 Å². The topological polar surface area (TPSA) is 89.3 Å². The van der Waals surface area contributed by atoms with Crippen LogP contribution in [0.5, 0.6) is 0 Å². The van der Waals surface area contributed by atoms with E-state index in [0.717, 1.165) is 19.3 Å². The third-order valence-corrected chi connectivity index (χ3v) is 5.34. The number of nitro groups is 1. The van der Waals surface area contributed by atoms with E-state index in [0.29, 0.717) is 5.92 Å². The minimum atomic E-state index is -3.56. The molecule has 1 N–H and O–H groups in total. The average Bonchev–Trinajstić information content (AvgIpc) is 2.22. The lowest BCUT2D eigenvalue weighted by molar-refractivity contribution is -0.384. The van der Waals surface area contributed by atoms with Gasteiger partial charge < -0.3 is 0 Å². The van der Waals surface area contributed by atoms with Gasteiger partial charge in [-0.2, -0.15) is 0 Å². The van der Waals surface area contributed by atoms with Gasteiger partial charge in [0.25, 0.3) is 5.69 Å². The molecule has 0 saturated heterocycles. The standard InChI is InChI=1S/C11H12N2O4S/c14-13(15)9-1-3-10(4-2-9)18(16,17)12-11-5-8(6-11)7-11/h1-4,8,12H,5-7H2. The average molecular weight is 268 g/mol. The first-order chi connectivity index (χ1) is 8.40. The van der Waals surface area contributed by atoms with Gasteiger partial charge in [0.1, 0.15) is 0 Å². The van der Waals surface area contributed by atoms with Gasteiger partial charge in [0, 0.05) is 17.7 Å². The summed E-state index contributed by atoms with van der Waals surface area (Å²) < 4.78 is 26.8. The maximum absolute atomic E-state index is 12.1. The second-order valence-electron chi connectivity index (χ2n) is 5.12. The number of hydrogen-bond acceptors (Lipinski definition) is 4. The Kier molecular flexibility index (Phi) is 2.27. The van der Waals surface area contributed by atoms with E-state index < -0.39 is 14.9 Å². The highest BCUT2D eigenvalue weighted by Gasteiger charge is 2.58. The van der Waals surface area contributed by atoms with Crippen molar-refractivity contribution in [2.75, 3.05) is 0 Å². The Labute approximate surface area is 104 Å². The fourth-order valence-electron chi connectivity index (χ4n) is 2.69. The highest BCUT2D eigenvalue weighted by Crippen LogP contribution is 2.57. The molecule has 0 radical (unpaired) electrons. The van der Waals surface area contributed by atoms with Gasteiger partial charge in [-0.15, -0.1) is 0 Å². The van der Waals surface area contributed by atoms with Crippen molar-refractivity contribution in [3.63, 3.8) is 0 Å². The van der Waals surface area contributed by atoms with Crippen molar-refractivity contribution in [2.24, 2.45) is 5.92 Å². The lowest BCUT2D eigenvalue weighted by Gasteiger charge is -2.61. The molecule has 0 atom stereocenters. The van der Waals surface area contributed by atoms with Crippen LogP contribution in [0, 0.1) is 16.0 Å². The van der Waals surface area contributed by atoms with Crippen molar-refractivity contribution < 1.29 is 13.3 Å². The second kappa shape index (κ2) is 3.52. The number of nitro benzene ring substituents is 1. The Morgan fingerprint density at radius 3 is 2.17 bits per heavy atom. The lowest BCUT2D eigenvalue weighted by Crippen LogP contribution is -2.67. The molecule has 0 aliphatic heterocycles. The number of rotatable bonds is 4. The summed E-state index contributed by atoms with van der Waals surface area (Å²) in [7, 11) is -3.56. The van der Waals surface area contributed by atoms with Gasteiger partial charge in [-0.1, -0.05) is 0 Å². The van der Waals surface area contributed by atoms with E-state index >= 15 is 0 Å². The maximum Gasteiger partial charge on any atom is 0.269 e. The Morgan fingerprint density at radius 2 is 1.78 bits per heavy atom. The number of hydrogen-bond donors (Lipinski definition) is 1. The summed E-state index contributed by atoms with van der Waals surface area (Å²) in [4.78, 5) is 10.0.